The van der Waals surface area contributed by atoms with Crippen LogP contribution in [0.3, 0.4) is 0 Å². The quantitative estimate of drug-likeness (QED) is 0.817. The summed E-state index contributed by atoms with van der Waals surface area (Å²) in [6.07, 6.45) is 7.42. The molecular weight excluding hydrogens is 288 g/mol. The zero-order chi connectivity index (χ0) is 16.7. The van der Waals surface area contributed by atoms with Gasteiger partial charge in [-0.25, -0.2) is 0 Å². The second kappa shape index (κ2) is 8.34. The van der Waals surface area contributed by atoms with E-state index in [1.807, 2.05) is 31.2 Å². The van der Waals surface area contributed by atoms with Gasteiger partial charge in [0.25, 0.3) is 5.91 Å². The van der Waals surface area contributed by atoms with Crippen molar-refractivity contribution in [3.63, 3.8) is 0 Å². The Morgan fingerprint density at radius 3 is 2.26 bits per heavy atom. The van der Waals surface area contributed by atoms with Crippen LogP contribution in [0.5, 0.6) is 5.75 Å². The van der Waals surface area contributed by atoms with Gasteiger partial charge in [0.05, 0.1) is 6.61 Å². The summed E-state index contributed by atoms with van der Waals surface area (Å²) in [5.74, 6) is 0.802. The fourth-order valence-electron chi connectivity index (χ4n) is 3.38. The highest BCUT2D eigenvalue weighted by Crippen LogP contribution is 2.30. The first-order valence-electron chi connectivity index (χ1n) is 8.76. The van der Waals surface area contributed by atoms with Crippen molar-refractivity contribution < 1.29 is 9.53 Å². The monoisotopic (exact) mass is 318 g/mol. The molecule has 1 aliphatic carbocycles. The highest BCUT2D eigenvalue weighted by atomic mass is 16.5. The van der Waals surface area contributed by atoms with E-state index >= 15 is 0 Å². The van der Waals surface area contributed by atoms with Crippen molar-refractivity contribution in [3.8, 4) is 5.75 Å². The zero-order valence-corrected chi connectivity index (χ0v) is 14.7. The van der Waals surface area contributed by atoms with Crippen LogP contribution in [0.2, 0.25) is 0 Å². The van der Waals surface area contributed by atoms with Gasteiger partial charge in [-0.15, -0.1) is 0 Å². The molecular formula is C19H30N2O2. The number of carbonyl (C=O) groups excluding carboxylic acids is 1. The molecule has 0 aliphatic heterocycles. The number of likely N-dealkylation sites (N-methyl/N-ethyl adjacent to an activating group) is 1. The Morgan fingerprint density at radius 2 is 1.74 bits per heavy atom. The molecule has 0 aromatic heterocycles. The van der Waals surface area contributed by atoms with Crippen LogP contribution in [0.15, 0.2) is 24.3 Å². The largest absolute Gasteiger partial charge is 0.494 e. The molecule has 1 N–H and O–H groups in total. The van der Waals surface area contributed by atoms with Crippen LogP contribution in [-0.4, -0.2) is 43.6 Å². The van der Waals surface area contributed by atoms with Gasteiger partial charge >= 0.3 is 0 Å². The van der Waals surface area contributed by atoms with Crippen molar-refractivity contribution in [3.05, 3.63) is 29.8 Å². The van der Waals surface area contributed by atoms with Gasteiger partial charge in [0.1, 0.15) is 5.75 Å². The van der Waals surface area contributed by atoms with E-state index in [4.69, 9.17) is 4.74 Å². The summed E-state index contributed by atoms with van der Waals surface area (Å²) in [7, 11) is 4.27. The molecule has 1 saturated carbocycles. The summed E-state index contributed by atoms with van der Waals surface area (Å²) >= 11 is 0. The van der Waals surface area contributed by atoms with Gasteiger partial charge in [-0.1, -0.05) is 25.7 Å². The summed E-state index contributed by atoms with van der Waals surface area (Å²) in [4.78, 5) is 14.7. The number of hydrogen-bond donors (Lipinski definition) is 1. The minimum atomic E-state index is -0.00137. The summed E-state index contributed by atoms with van der Waals surface area (Å²) in [5, 5.41) is 3.15. The van der Waals surface area contributed by atoms with Gasteiger partial charge in [-0.05, 0) is 58.1 Å². The van der Waals surface area contributed by atoms with Gasteiger partial charge in [-0.2, -0.15) is 0 Å². The summed E-state index contributed by atoms with van der Waals surface area (Å²) in [6, 6.07) is 7.36. The van der Waals surface area contributed by atoms with E-state index in [1.165, 1.54) is 25.7 Å². The first-order valence-corrected chi connectivity index (χ1v) is 8.76. The summed E-state index contributed by atoms with van der Waals surface area (Å²) in [5.41, 5.74) is 0.785. The van der Waals surface area contributed by atoms with Gasteiger partial charge < -0.3 is 15.0 Å². The Labute approximate surface area is 140 Å². The second-order valence-corrected chi connectivity index (χ2v) is 6.67. The van der Waals surface area contributed by atoms with E-state index in [0.29, 0.717) is 18.7 Å². The average Bonchev–Trinajstić information content (AvgIpc) is 2.80. The molecule has 1 aliphatic rings. The van der Waals surface area contributed by atoms with Gasteiger partial charge in [0.15, 0.2) is 0 Å². The van der Waals surface area contributed by atoms with E-state index in [2.05, 4.69) is 24.3 Å². The number of ether oxygens (including phenoxy) is 1. The molecule has 23 heavy (non-hydrogen) atoms. The topological polar surface area (TPSA) is 41.6 Å². The number of nitrogens with zero attached hydrogens (tertiary/aromatic N) is 1. The molecule has 4 heteroatoms. The predicted octanol–water partition coefficient (Wildman–Crippen LogP) is 3.47. The molecule has 1 amide bonds. The Bertz CT molecular complexity index is 489. The lowest BCUT2D eigenvalue weighted by Crippen LogP contribution is -2.52. The first-order chi connectivity index (χ1) is 11.1. The van der Waals surface area contributed by atoms with Crippen LogP contribution in [0, 0.1) is 0 Å². The fraction of sp³-hybridized carbons (Fsp3) is 0.632. The van der Waals surface area contributed by atoms with Crippen LogP contribution in [0.1, 0.15) is 55.8 Å². The molecule has 0 atom stereocenters. The van der Waals surface area contributed by atoms with Crippen molar-refractivity contribution in [1.82, 2.24) is 10.2 Å². The Kier molecular flexibility index (Phi) is 6.46. The molecule has 1 aromatic rings. The molecule has 0 unspecified atom stereocenters. The number of benzene rings is 1. The van der Waals surface area contributed by atoms with Crippen molar-refractivity contribution in [1.29, 1.82) is 0 Å². The lowest BCUT2D eigenvalue weighted by atomic mass is 9.88. The maximum absolute atomic E-state index is 12.4. The smallest absolute Gasteiger partial charge is 0.251 e. The van der Waals surface area contributed by atoms with Crippen LogP contribution < -0.4 is 10.1 Å². The molecule has 0 bridgehead atoms. The maximum Gasteiger partial charge on any atom is 0.251 e. The standard InChI is InChI=1S/C19H30N2O2/c1-4-23-17-11-9-16(10-12-17)18(22)20-15-19(21(2)3)13-7-5-6-8-14-19/h9-12H,4-8,13-15H2,1-3H3,(H,20,22). The molecule has 4 nitrogen and oxygen atoms in total. The first kappa shape index (κ1) is 17.8. The van der Waals surface area contributed by atoms with Gasteiger partial charge in [-0.3, -0.25) is 4.79 Å². The Morgan fingerprint density at radius 1 is 1.13 bits per heavy atom. The number of rotatable bonds is 6. The van der Waals surface area contributed by atoms with Crippen LogP contribution in [-0.2, 0) is 0 Å². The van der Waals surface area contributed by atoms with E-state index in [0.717, 1.165) is 18.6 Å². The van der Waals surface area contributed by atoms with Crippen LogP contribution in [0.25, 0.3) is 0 Å². The van der Waals surface area contributed by atoms with Crippen molar-refractivity contribution in [2.75, 3.05) is 27.2 Å². The van der Waals surface area contributed by atoms with E-state index in [-0.39, 0.29) is 11.4 Å². The highest BCUT2D eigenvalue weighted by molar-refractivity contribution is 5.94. The third kappa shape index (κ3) is 4.71. The summed E-state index contributed by atoms with van der Waals surface area (Å²) in [6.45, 7) is 3.30. The SMILES string of the molecule is CCOc1ccc(C(=O)NCC2(N(C)C)CCCCCC2)cc1. The lowest BCUT2D eigenvalue weighted by Gasteiger charge is -2.39. The average molecular weight is 318 g/mol. The van der Waals surface area contributed by atoms with Crippen molar-refractivity contribution in [2.45, 2.75) is 51.0 Å². The normalized spacial score (nSPS) is 17.6. The van der Waals surface area contributed by atoms with Crippen LogP contribution >= 0.6 is 0 Å². The zero-order valence-electron chi connectivity index (χ0n) is 14.7. The molecule has 2 rings (SSSR count). The molecule has 0 saturated heterocycles. The number of amides is 1. The molecule has 0 radical (unpaired) electrons. The van der Waals surface area contributed by atoms with Gasteiger partial charge in [0, 0.05) is 17.6 Å². The minimum absolute atomic E-state index is 0.00137. The fourth-order valence-corrected chi connectivity index (χ4v) is 3.38. The molecule has 128 valence electrons. The Balaban J connectivity index is 1.98. The van der Waals surface area contributed by atoms with Crippen molar-refractivity contribution in [2.24, 2.45) is 0 Å². The lowest BCUT2D eigenvalue weighted by molar-refractivity contribution is 0.0869. The van der Waals surface area contributed by atoms with Gasteiger partial charge in [0.2, 0.25) is 0 Å². The highest BCUT2D eigenvalue weighted by Gasteiger charge is 2.33. The third-order valence-electron chi connectivity index (χ3n) is 4.99. The predicted molar refractivity (Wildman–Crippen MR) is 94.1 cm³/mol. The second-order valence-electron chi connectivity index (χ2n) is 6.67. The molecule has 0 heterocycles. The number of hydrogen-bond acceptors (Lipinski definition) is 3. The molecule has 1 fully saturated rings. The summed E-state index contributed by atoms with van der Waals surface area (Å²) < 4.78 is 5.42. The van der Waals surface area contributed by atoms with Crippen molar-refractivity contribution >= 4 is 5.91 Å². The maximum atomic E-state index is 12.4. The van der Waals surface area contributed by atoms with Crippen LogP contribution in [0.4, 0.5) is 0 Å². The van der Waals surface area contributed by atoms with E-state index in [1.54, 1.807) is 0 Å². The number of carbonyl (C=O) groups is 1. The Hall–Kier alpha value is -1.55. The molecule has 0 spiro atoms. The number of nitrogens with one attached hydrogen (secondary N) is 1. The van der Waals surface area contributed by atoms with E-state index in [9.17, 15) is 4.79 Å². The third-order valence-corrected chi connectivity index (χ3v) is 4.99. The van der Waals surface area contributed by atoms with E-state index < -0.39 is 0 Å². The molecule has 1 aromatic carbocycles. The minimum Gasteiger partial charge on any atom is -0.494 e.